The maximum absolute atomic E-state index is 12.0. The van der Waals surface area contributed by atoms with Gasteiger partial charge in [0, 0.05) is 13.1 Å². The lowest BCUT2D eigenvalue weighted by Gasteiger charge is -2.15. The number of hydrogen-bond acceptors (Lipinski definition) is 6. The molecule has 1 rings (SSSR count). The van der Waals surface area contributed by atoms with Gasteiger partial charge in [0.05, 0.1) is 31.8 Å². The van der Waals surface area contributed by atoms with E-state index in [0.29, 0.717) is 6.42 Å². The summed E-state index contributed by atoms with van der Waals surface area (Å²) in [6, 6.07) is 0. The Balaban J connectivity index is 2.51. The van der Waals surface area contributed by atoms with Gasteiger partial charge in [-0.1, -0.05) is 0 Å². The highest BCUT2D eigenvalue weighted by atomic mass is 32.2. The molecule has 0 radical (unpaired) electrons. The van der Waals surface area contributed by atoms with Crippen LogP contribution in [0.1, 0.15) is 19.8 Å². The number of esters is 2. The zero-order chi connectivity index (χ0) is 14.5. The predicted molar refractivity (Wildman–Crippen MR) is 66.7 cm³/mol. The Morgan fingerprint density at radius 2 is 2.05 bits per heavy atom. The Morgan fingerprint density at radius 3 is 2.63 bits per heavy atom. The first-order valence-corrected chi connectivity index (χ1v) is 7.73. The van der Waals surface area contributed by atoms with Crippen LogP contribution in [0.2, 0.25) is 0 Å². The number of rotatable bonds is 6. The molecule has 1 heterocycles. The van der Waals surface area contributed by atoms with Gasteiger partial charge in [0.25, 0.3) is 0 Å². The highest BCUT2D eigenvalue weighted by molar-refractivity contribution is 7.89. The number of ether oxygens (including phenoxy) is 2. The number of carbonyl (C=O) groups is 2. The van der Waals surface area contributed by atoms with E-state index in [1.807, 2.05) is 0 Å². The first kappa shape index (κ1) is 15.9. The van der Waals surface area contributed by atoms with E-state index < -0.39 is 27.9 Å². The lowest BCUT2D eigenvalue weighted by atomic mass is 10.1. The van der Waals surface area contributed by atoms with E-state index in [9.17, 15) is 18.0 Å². The van der Waals surface area contributed by atoms with Crippen LogP contribution in [0, 0.1) is 5.92 Å². The summed E-state index contributed by atoms with van der Waals surface area (Å²) in [6.07, 6.45) is 0.279. The molecule has 1 saturated heterocycles. The molecule has 0 N–H and O–H groups in total. The topological polar surface area (TPSA) is 90.0 Å². The molecule has 0 bridgehead atoms. The molecule has 1 atom stereocenters. The second-order valence-corrected chi connectivity index (χ2v) is 6.33. The van der Waals surface area contributed by atoms with Crippen molar-refractivity contribution >= 4 is 22.0 Å². The van der Waals surface area contributed by atoms with Crippen LogP contribution in [0.5, 0.6) is 0 Å². The number of hydrogen-bond donors (Lipinski definition) is 0. The fourth-order valence-corrected chi connectivity index (χ4v) is 3.39. The van der Waals surface area contributed by atoms with E-state index in [4.69, 9.17) is 0 Å². The second kappa shape index (κ2) is 6.85. The van der Waals surface area contributed by atoms with Gasteiger partial charge in [0.15, 0.2) is 0 Å². The van der Waals surface area contributed by atoms with Crippen molar-refractivity contribution in [2.24, 2.45) is 5.92 Å². The fourth-order valence-electron chi connectivity index (χ4n) is 1.91. The summed E-state index contributed by atoms with van der Waals surface area (Å²) >= 11 is 0. The summed E-state index contributed by atoms with van der Waals surface area (Å²) in [5.74, 6) is -1.64. The number of sulfonamides is 1. The van der Waals surface area contributed by atoms with Crippen LogP contribution in [0.15, 0.2) is 0 Å². The molecule has 1 aliphatic rings. The van der Waals surface area contributed by atoms with Crippen molar-refractivity contribution in [3.8, 4) is 0 Å². The number of carbonyl (C=O) groups excluding carboxylic acids is 2. The summed E-state index contributed by atoms with van der Waals surface area (Å²) in [7, 11) is -2.25. The summed E-state index contributed by atoms with van der Waals surface area (Å²) in [4.78, 5) is 22.5. The Labute approximate surface area is 112 Å². The predicted octanol–water partition coefficient (Wildman–Crippen LogP) is -0.236. The minimum absolute atomic E-state index is 0.123. The quantitative estimate of drug-likeness (QED) is 0.628. The molecule has 8 heteroatoms. The standard InChI is InChI=1S/C11H19NO6S/c1-3-18-10(13)5-7-19(15,16)12-6-4-9(8-12)11(14)17-2/h9H,3-8H2,1-2H3. The van der Waals surface area contributed by atoms with Crippen molar-refractivity contribution in [2.45, 2.75) is 19.8 Å². The lowest BCUT2D eigenvalue weighted by Crippen LogP contribution is -2.33. The van der Waals surface area contributed by atoms with Gasteiger partial charge in [-0.3, -0.25) is 9.59 Å². The van der Waals surface area contributed by atoms with E-state index >= 15 is 0 Å². The van der Waals surface area contributed by atoms with Crippen LogP contribution < -0.4 is 0 Å². The van der Waals surface area contributed by atoms with Crippen LogP contribution in [0.25, 0.3) is 0 Å². The van der Waals surface area contributed by atoms with Crippen LogP contribution in [0.3, 0.4) is 0 Å². The molecule has 0 aromatic rings. The summed E-state index contributed by atoms with van der Waals surface area (Å²) < 4.78 is 34.4. The molecule has 7 nitrogen and oxygen atoms in total. The average molecular weight is 293 g/mol. The number of nitrogens with zero attached hydrogens (tertiary/aromatic N) is 1. The molecular formula is C11H19NO6S. The molecule has 1 unspecified atom stereocenters. The maximum atomic E-state index is 12.0. The third-order valence-electron chi connectivity index (χ3n) is 2.95. The first-order chi connectivity index (χ1) is 8.90. The SMILES string of the molecule is CCOC(=O)CCS(=O)(=O)N1CCC(C(=O)OC)C1. The van der Waals surface area contributed by atoms with Crippen LogP contribution >= 0.6 is 0 Å². The van der Waals surface area contributed by atoms with Crippen molar-refractivity contribution in [2.75, 3.05) is 32.6 Å². The van der Waals surface area contributed by atoms with Crippen LogP contribution in [0.4, 0.5) is 0 Å². The van der Waals surface area contributed by atoms with Gasteiger partial charge in [-0.15, -0.1) is 0 Å². The molecule has 0 aromatic carbocycles. The molecule has 1 aliphatic heterocycles. The Hall–Kier alpha value is -1.15. The molecule has 19 heavy (non-hydrogen) atoms. The largest absolute Gasteiger partial charge is 0.469 e. The zero-order valence-electron chi connectivity index (χ0n) is 11.1. The van der Waals surface area contributed by atoms with Gasteiger partial charge < -0.3 is 9.47 Å². The van der Waals surface area contributed by atoms with Gasteiger partial charge in [0.2, 0.25) is 10.0 Å². The monoisotopic (exact) mass is 293 g/mol. The van der Waals surface area contributed by atoms with Crippen LogP contribution in [-0.2, 0) is 29.1 Å². The minimum Gasteiger partial charge on any atom is -0.469 e. The third kappa shape index (κ3) is 4.46. The van der Waals surface area contributed by atoms with E-state index in [1.54, 1.807) is 6.92 Å². The highest BCUT2D eigenvalue weighted by Gasteiger charge is 2.35. The van der Waals surface area contributed by atoms with Crippen molar-refractivity contribution < 1.29 is 27.5 Å². The zero-order valence-corrected chi connectivity index (χ0v) is 11.9. The Bertz CT molecular complexity index is 432. The maximum Gasteiger partial charge on any atom is 0.310 e. The van der Waals surface area contributed by atoms with Crippen molar-refractivity contribution in [1.82, 2.24) is 4.31 Å². The summed E-state index contributed by atoms with van der Waals surface area (Å²) in [5, 5.41) is 0. The summed E-state index contributed by atoms with van der Waals surface area (Å²) in [6.45, 7) is 2.30. The molecule has 0 aliphatic carbocycles. The third-order valence-corrected chi connectivity index (χ3v) is 4.79. The minimum atomic E-state index is -3.52. The van der Waals surface area contributed by atoms with Crippen LogP contribution in [-0.4, -0.2) is 57.2 Å². The molecule has 0 saturated carbocycles. The van der Waals surface area contributed by atoms with Gasteiger partial charge >= 0.3 is 11.9 Å². The van der Waals surface area contributed by atoms with E-state index in [0.717, 1.165) is 0 Å². The molecule has 1 fully saturated rings. The van der Waals surface area contributed by atoms with Crippen molar-refractivity contribution in [3.63, 3.8) is 0 Å². The molecule has 0 aromatic heterocycles. The fraction of sp³-hybridized carbons (Fsp3) is 0.818. The van der Waals surface area contributed by atoms with E-state index in [1.165, 1.54) is 11.4 Å². The normalized spacial score (nSPS) is 20.2. The Morgan fingerprint density at radius 1 is 1.37 bits per heavy atom. The Kier molecular flexibility index (Phi) is 5.74. The molecule has 110 valence electrons. The molecule has 0 amide bonds. The van der Waals surface area contributed by atoms with Crippen molar-refractivity contribution in [3.05, 3.63) is 0 Å². The van der Waals surface area contributed by atoms with Crippen molar-refractivity contribution in [1.29, 1.82) is 0 Å². The first-order valence-electron chi connectivity index (χ1n) is 6.12. The van der Waals surface area contributed by atoms with Gasteiger partial charge in [-0.25, -0.2) is 12.7 Å². The molecular weight excluding hydrogens is 274 g/mol. The van der Waals surface area contributed by atoms with E-state index in [-0.39, 0.29) is 31.9 Å². The second-order valence-electron chi connectivity index (χ2n) is 4.24. The number of methoxy groups -OCH3 is 1. The summed E-state index contributed by atoms with van der Waals surface area (Å²) in [5.41, 5.74) is 0. The van der Waals surface area contributed by atoms with Gasteiger partial charge in [-0.05, 0) is 13.3 Å². The smallest absolute Gasteiger partial charge is 0.310 e. The van der Waals surface area contributed by atoms with Gasteiger partial charge in [0.1, 0.15) is 0 Å². The van der Waals surface area contributed by atoms with E-state index in [2.05, 4.69) is 9.47 Å². The lowest BCUT2D eigenvalue weighted by molar-refractivity contribution is -0.145. The highest BCUT2D eigenvalue weighted by Crippen LogP contribution is 2.21. The average Bonchev–Trinajstić information content (AvgIpc) is 2.86. The molecule has 0 spiro atoms. The van der Waals surface area contributed by atoms with Gasteiger partial charge in [-0.2, -0.15) is 0 Å².